The van der Waals surface area contributed by atoms with Crippen molar-refractivity contribution in [2.75, 3.05) is 38.2 Å². The van der Waals surface area contributed by atoms with E-state index in [-0.39, 0.29) is 24.7 Å². The van der Waals surface area contributed by atoms with E-state index in [1.54, 1.807) is 31.4 Å². The summed E-state index contributed by atoms with van der Waals surface area (Å²) in [5.74, 6) is 0.437. The predicted molar refractivity (Wildman–Crippen MR) is 133 cm³/mol. The largest absolute Gasteiger partial charge is 0.495 e. The Bertz CT molecular complexity index is 874. The number of carbonyl (C=O) groups excluding carboxylic acids is 1. The molecule has 1 aliphatic rings. The zero-order chi connectivity index (χ0) is 24.0. The van der Waals surface area contributed by atoms with Crippen LogP contribution in [0.2, 0.25) is 0 Å². The van der Waals surface area contributed by atoms with Crippen molar-refractivity contribution in [1.29, 1.82) is 0 Å². The van der Waals surface area contributed by atoms with Crippen LogP contribution < -0.4 is 9.64 Å². The summed E-state index contributed by atoms with van der Waals surface area (Å²) < 4.78 is 20.9. The number of para-hydroxylation sites is 2. The standard InChI is InChI=1S/C27H38FN3O2/c1-20(2)31(21(3)4)26(19-23(28)27(32)22-11-7-6-8-12-22)30-17-15-29(16-18-30)24-13-9-10-14-25(24)33-5/h6-14,20-21,23,26H,15-19H2,1-5H3. The van der Waals surface area contributed by atoms with Gasteiger partial charge in [0.2, 0.25) is 0 Å². The summed E-state index contributed by atoms with van der Waals surface area (Å²) in [4.78, 5) is 19.8. The summed E-state index contributed by atoms with van der Waals surface area (Å²) in [5.41, 5.74) is 1.52. The van der Waals surface area contributed by atoms with E-state index < -0.39 is 12.0 Å². The second-order valence-electron chi connectivity index (χ2n) is 9.24. The van der Waals surface area contributed by atoms with Crippen molar-refractivity contribution in [2.45, 2.75) is 58.5 Å². The van der Waals surface area contributed by atoms with Crippen LogP contribution in [0, 0.1) is 0 Å². The van der Waals surface area contributed by atoms with Crippen LogP contribution in [0.15, 0.2) is 54.6 Å². The Morgan fingerprint density at radius 1 is 0.939 bits per heavy atom. The zero-order valence-electron chi connectivity index (χ0n) is 20.6. The Balaban J connectivity index is 1.77. The molecule has 1 aliphatic heterocycles. The van der Waals surface area contributed by atoms with Crippen LogP contribution in [0.5, 0.6) is 5.75 Å². The smallest absolute Gasteiger partial charge is 0.197 e. The van der Waals surface area contributed by atoms with E-state index in [0.29, 0.717) is 5.56 Å². The van der Waals surface area contributed by atoms with E-state index in [9.17, 15) is 4.79 Å². The van der Waals surface area contributed by atoms with Gasteiger partial charge in [-0.05, 0) is 39.8 Å². The minimum absolute atomic E-state index is 0.146. The molecule has 0 aliphatic carbocycles. The fraction of sp³-hybridized carbons (Fsp3) is 0.519. The SMILES string of the molecule is COc1ccccc1N1CCN(C(CC(F)C(=O)c2ccccc2)N(C(C)C)C(C)C)CC1. The monoisotopic (exact) mass is 455 g/mol. The van der Waals surface area contributed by atoms with E-state index in [0.717, 1.165) is 37.6 Å². The average molecular weight is 456 g/mol. The Morgan fingerprint density at radius 2 is 1.52 bits per heavy atom. The molecule has 0 bridgehead atoms. The van der Waals surface area contributed by atoms with E-state index in [4.69, 9.17) is 4.74 Å². The second-order valence-corrected chi connectivity index (χ2v) is 9.24. The number of hydrogen-bond donors (Lipinski definition) is 0. The second kappa shape index (κ2) is 11.6. The fourth-order valence-electron chi connectivity index (χ4n) is 4.97. The average Bonchev–Trinajstić information content (AvgIpc) is 2.83. The number of Topliss-reactive ketones (excluding diaryl/α,β-unsaturated/α-hetero) is 1. The van der Waals surface area contributed by atoms with Gasteiger partial charge in [0, 0.05) is 50.2 Å². The number of anilines is 1. The third kappa shape index (κ3) is 6.12. The zero-order valence-corrected chi connectivity index (χ0v) is 20.6. The molecule has 0 amide bonds. The molecule has 1 heterocycles. The highest BCUT2D eigenvalue weighted by Gasteiger charge is 2.35. The first kappa shape index (κ1) is 25.2. The molecule has 3 rings (SSSR count). The highest BCUT2D eigenvalue weighted by molar-refractivity contribution is 5.99. The molecule has 1 saturated heterocycles. The van der Waals surface area contributed by atoms with Crippen molar-refractivity contribution in [3.63, 3.8) is 0 Å². The lowest BCUT2D eigenvalue weighted by Gasteiger charge is -2.47. The van der Waals surface area contributed by atoms with Gasteiger partial charge in [0.25, 0.3) is 0 Å². The van der Waals surface area contributed by atoms with Crippen LogP contribution in [-0.2, 0) is 0 Å². The normalized spacial score (nSPS) is 16.9. The van der Waals surface area contributed by atoms with Crippen molar-refractivity contribution in [1.82, 2.24) is 9.80 Å². The van der Waals surface area contributed by atoms with Gasteiger partial charge in [-0.3, -0.25) is 14.6 Å². The number of halogens is 1. The molecule has 2 unspecified atom stereocenters. The molecule has 2 aromatic carbocycles. The first-order chi connectivity index (χ1) is 15.8. The van der Waals surface area contributed by atoms with Crippen molar-refractivity contribution in [3.8, 4) is 5.75 Å². The fourth-order valence-corrected chi connectivity index (χ4v) is 4.97. The third-order valence-corrected chi connectivity index (χ3v) is 6.46. The molecule has 2 atom stereocenters. The molecule has 0 spiro atoms. The molecule has 2 aromatic rings. The Labute approximate surface area is 198 Å². The molecule has 0 aromatic heterocycles. The van der Waals surface area contributed by atoms with Crippen molar-refractivity contribution in [3.05, 3.63) is 60.2 Å². The molecule has 0 saturated carbocycles. The number of ketones is 1. The molecule has 33 heavy (non-hydrogen) atoms. The minimum atomic E-state index is -1.54. The maximum atomic E-state index is 15.4. The van der Waals surface area contributed by atoms with Crippen LogP contribution in [-0.4, -0.2) is 73.3 Å². The van der Waals surface area contributed by atoms with Gasteiger partial charge in [-0.25, -0.2) is 4.39 Å². The Morgan fingerprint density at radius 3 is 2.09 bits per heavy atom. The number of nitrogens with zero attached hydrogens (tertiary/aromatic N) is 3. The Kier molecular flexibility index (Phi) is 8.87. The van der Waals surface area contributed by atoms with E-state index in [1.807, 2.05) is 24.3 Å². The summed E-state index contributed by atoms with van der Waals surface area (Å²) in [6.45, 7) is 11.8. The quantitative estimate of drug-likeness (QED) is 0.478. The topological polar surface area (TPSA) is 36.0 Å². The van der Waals surface area contributed by atoms with Gasteiger partial charge >= 0.3 is 0 Å². The number of benzene rings is 2. The first-order valence-corrected chi connectivity index (χ1v) is 12.0. The molecule has 5 nitrogen and oxygen atoms in total. The van der Waals surface area contributed by atoms with Gasteiger partial charge in [0.1, 0.15) is 5.75 Å². The molecular weight excluding hydrogens is 417 g/mol. The van der Waals surface area contributed by atoms with Crippen molar-refractivity contribution < 1.29 is 13.9 Å². The van der Waals surface area contributed by atoms with E-state index >= 15 is 4.39 Å². The molecular formula is C27H38FN3O2. The van der Waals surface area contributed by atoms with Gasteiger partial charge in [0.05, 0.1) is 19.0 Å². The summed E-state index contributed by atoms with van der Waals surface area (Å²) >= 11 is 0. The number of ether oxygens (including phenoxy) is 1. The van der Waals surface area contributed by atoms with Crippen LogP contribution in [0.25, 0.3) is 0 Å². The first-order valence-electron chi connectivity index (χ1n) is 12.0. The highest BCUT2D eigenvalue weighted by Crippen LogP contribution is 2.30. The summed E-state index contributed by atoms with van der Waals surface area (Å²) in [5, 5.41) is 0. The summed E-state index contributed by atoms with van der Waals surface area (Å²) in [6, 6.07) is 17.3. The minimum Gasteiger partial charge on any atom is -0.495 e. The lowest BCUT2D eigenvalue weighted by atomic mass is 10.0. The van der Waals surface area contributed by atoms with Crippen molar-refractivity contribution >= 4 is 11.5 Å². The highest BCUT2D eigenvalue weighted by atomic mass is 19.1. The van der Waals surface area contributed by atoms with E-state index in [1.165, 1.54) is 0 Å². The third-order valence-electron chi connectivity index (χ3n) is 6.46. The predicted octanol–water partition coefficient (Wildman–Crippen LogP) is 4.87. The Hall–Kier alpha value is -2.44. The maximum Gasteiger partial charge on any atom is 0.197 e. The van der Waals surface area contributed by atoms with Gasteiger partial charge in [0.15, 0.2) is 12.0 Å². The summed E-state index contributed by atoms with van der Waals surface area (Å²) in [6.07, 6.45) is -1.52. The molecule has 6 heteroatoms. The molecule has 1 fully saturated rings. The van der Waals surface area contributed by atoms with Crippen LogP contribution in [0.4, 0.5) is 10.1 Å². The number of hydrogen-bond acceptors (Lipinski definition) is 5. The van der Waals surface area contributed by atoms with Crippen LogP contribution in [0.3, 0.4) is 0 Å². The summed E-state index contributed by atoms with van der Waals surface area (Å²) in [7, 11) is 1.69. The number of methoxy groups -OCH3 is 1. The number of rotatable bonds is 10. The number of alkyl halides is 1. The van der Waals surface area contributed by atoms with Gasteiger partial charge in [-0.2, -0.15) is 0 Å². The van der Waals surface area contributed by atoms with E-state index in [2.05, 4.69) is 48.5 Å². The lowest BCUT2D eigenvalue weighted by molar-refractivity contribution is -0.0197. The number of carbonyl (C=O) groups is 1. The maximum absolute atomic E-state index is 15.4. The molecule has 180 valence electrons. The number of piperazine rings is 1. The lowest BCUT2D eigenvalue weighted by Crippen LogP contribution is -2.60. The van der Waals surface area contributed by atoms with Gasteiger partial charge in [-0.1, -0.05) is 42.5 Å². The van der Waals surface area contributed by atoms with Gasteiger partial charge in [-0.15, -0.1) is 0 Å². The van der Waals surface area contributed by atoms with Crippen molar-refractivity contribution in [2.24, 2.45) is 0 Å². The molecule has 0 N–H and O–H groups in total. The molecule has 0 radical (unpaired) electrons. The van der Waals surface area contributed by atoms with Crippen LogP contribution >= 0.6 is 0 Å². The van der Waals surface area contributed by atoms with Crippen LogP contribution in [0.1, 0.15) is 44.5 Å². The van der Waals surface area contributed by atoms with Gasteiger partial charge < -0.3 is 9.64 Å².